The molecule has 0 unspecified atom stereocenters. The van der Waals surface area contributed by atoms with E-state index >= 15 is 0 Å². The number of aryl methyl sites for hydroxylation is 2. The van der Waals surface area contributed by atoms with Crippen molar-refractivity contribution in [1.82, 2.24) is 9.55 Å². The van der Waals surface area contributed by atoms with Gasteiger partial charge < -0.3 is 0 Å². The van der Waals surface area contributed by atoms with E-state index in [1.165, 1.54) is 11.8 Å². The van der Waals surface area contributed by atoms with Gasteiger partial charge in [0.2, 0.25) is 15.0 Å². The molecule has 1 aromatic carbocycles. The smallest absolute Gasteiger partial charge is 0.231 e. The van der Waals surface area contributed by atoms with Gasteiger partial charge in [0, 0.05) is 24.3 Å². The maximum atomic E-state index is 11.6. The van der Waals surface area contributed by atoms with Crippen LogP contribution in [0.3, 0.4) is 0 Å². The first kappa shape index (κ1) is 11.9. The maximum absolute atomic E-state index is 11.6. The molecular formula is C12H14N2O2S. The third kappa shape index (κ3) is 2.24. The van der Waals surface area contributed by atoms with Crippen molar-refractivity contribution in [2.45, 2.75) is 19.0 Å². The number of imidazole rings is 1. The van der Waals surface area contributed by atoms with Gasteiger partial charge in [0.1, 0.15) is 0 Å². The summed E-state index contributed by atoms with van der Waals surface area (Å²) in [5.74, 6) is 0. The van der Waals surface area contributed by atoms with E-state index in [1.807, 2.05) is 32.0 Å². The predicted molar refractivity (Wildman–Crippen MR) is 66.1 cm³/mol. The second kappa shape index (κ2) is 4.00. The Balaban J connectivity index is 2.62. The molecule has 0 aliphatic rings. The number of hydrogen-bond acceptors (Lipinski definition) is 3. The number of sulfone groups is 1. The molecule has 0 amide bonds. The maximum Gasteiger partial charge on any atom is 0.231 e. The number of nitrogens with zero attached hydrogens (tertiary/aromatic N) is 2. The quantitative estimate of drug-likeness (QED) is 0.818. The molecule has 0 aliphatic heterocycles. The fourth-order valence-corrected chi connectivity index (χ4v) is 2.41. The van der Waals surface area contributed by atoms with Crippen LogP contribution < -0.4 is 0 Å². The molecule has 0 bridgehead atoms. The van der Waals surface area contributed by atoms with Gasteiger partial charge in [0.15, 0.2) is 0 Å². The molecule has 1 aromatic heterocycles. The van der Waals surface area contributed by atoms with Crippen molar-refractivity contribution in [1.29, 1.82) is 0 Å². The minimum Gasteiger partial charge on any atom is -0.291 e. The summed E-state index contributed by atoms with van der Waals surface area (Å²) in [7, 11) is -3.31. The van der Waals surface area contributed by atoms with E-state index in [0.29, 0.717) is 0 Å². The van der Waals surface area contributed by atoms with Gasteiger partial charge in [-0.25, -0.2) is 13.4 Å². The third-order valence-corrected chi connectivity index (χ3v) is 3.67. The van der Waals surface area contributed by atoms with Crippen LogP contribution >= 0.6 is 0 Å². The third-order valence-electron chi connectivity index (χ3n) is 2.71. The molecule has 1 heterocycles. The van der Waals surface area contributed by atoms with Gasteiger partial charge in [0.25, 0.3) is 0 Å². The molecule has 2 aromatic rings. The van der Waals surface area contributed by atoms with Crippen LogP contribution in [0.2, 0.25) is 0 Å². The van der Waals surface area contributed by atoms with Gasteiger partial charge in [-0.3, -0.25) is 4.57 Å². The second-order valence-corrected chi connectivity index (χ2v) is 6.03. The van der Waals surface area contributed by atoms with Gasteiger partial charge in [-0.1, -0.05) is 6.07 Å². The number of hydrogen-bond donors (Lipinski definition) is 0. The van der Waals surface area contributed by atoms with E-state index in [0.717, 1.165) is 17.5 Å². The Morgan fingerprint density at radius 3 is 2.47 bits per heavy atom. The van der Waals surface area contributed by atoms with Gasteiger partial charge in [-0.2, -0.15) is 0 Å². The zero-order valence-corrected chi connectivity index (χ0v) is 10.8. The topological polar surface area (TPSA) is 52.0 Å². The summed E-state index contributed by atoms with van der Waals surface area (Å²) in [6.07, 6.45) is 4.30. The molecule has 2 rings (SSSR count). The molecule has 0 fully saturated rings. The summed E-state index contributed by atoms with van der Waals surface area (Å²) in [6.45, 7) is 4.01. The Morgan fingerprint density at radius 1 is 1.18 bits per heavy atom. The van der Waals surface area contributed by atoms with Crippen LogP contribution in [0.4, 0.5) is 0 Å². The molecule has 0 N–H and O–H groups in total. The summed E-state index contributed by atoms with van der Waals surface area (Å²) in [4.78, 5) is 3.89. The lowest BCUT2D eigenvalue weighted by Crippen LogP contribution is -2.07. The van der Waals surface area contributed by atoms with Crippen molar-refractivity contribution in [3.63, 3.8) is 0 Å². The lowest BCUT2D eigenvalue weighted by Gasteiger charge is -2.08. The minimum absolute atomic E-state index is 0.0701. The highest BCUT2D eigenvalue weighted by Crippen LogP contribution is 2.17. The van der Waals surface area contributed by atoms with Crippen LogP contribution in [0.5, 0.6) is 0 Å². The summed E-state index contributed by atoms with van der Waals surface area (Å²) in [5, 5.41) is 0.0701. The van der Waals surface area contributed by atoms with Gasteiger partial charge in [0.05, 0.1) is 0 Å². The fraction of sp³-hybridized carbons (Fsp3) is 0.250. The van der Waals surface area contributed by atoms with Crippen LogP contribution in [-0.4, -0.2) is 24.2 Å². The molecule has 4 nitrogen and oxygen atoms in total. The Kier molecular flexibility index (Phi) is 2.79. The van der Waals surface area contributed by atoms with E-state index < -0.39 is 9.84 Å². The summed E-state index contributed by atoms with van der Waals surface area (Å²) >= 11 is 0. The highest BCUT2D eigenvalue weighted by atomic mass is 32.2. The fourth-order valence-electron chi connectivity index (χ4n) is 1.64. The van der Waals surface area contributed by atoms with E-state index in [2.05, 4.69) is 4.98 Å². The Hall–Kier alpha value is -1.62. The zero-order valence-electron chi connectivity index (χ0n) is 10.0. The van der Waals surface area contributed by atoms with Gasteiger partial charge in [-0.05, 0) is 37.1 Å². The largest absolute Gasteiger partial charge is 0.291 e. The van der Waals surface area contributed by atoms with Crippen LogP contribution in [0.15, 0.2) is 35.7 Å². The summed E-state index contributed by atoms with van der Waals surface area (Å²) in [5.41, 5.74) is 3.11. The van der Waals surface area contributed by atoms with Gasteiger partial charge >= 0.3 is 0 Å². The molecule has 0 atom stereocenters. The first-order valence-corrected chi connectivity index (χ1v) is 7.10. The molecule has 0 radical (unpaired) electrons. The number of rotatable bonds is 2. The lowest BCUT2D eigenvalue weighted by molar-refractivity contribution is 0.590. The average Bonchev–Trinajstić information content (AvgIpc) is 2.70. The Labute approximate surface area is 101 Å². The summed E-state index contributed by atoms with van der Waals surface area (Å²) < 4.78 is 24.7. The minimum atomic E-state index is -3.31. The molecular weight excluding hydrogens is 236 g/mol. The van der Waals surface area contributed by atoms with Crippen LogP contribution in [-0.2, 0) is 9.84 Å². The van der Waals surface area contributed by atoms with E-state index in [9.17, 15) is 8.42 Å². The normalized spacial score (nSPS) is 11.7. The summed E-state index contributed by atoms with van der Waals surface area (Å²) in [6, 6.07) is 5.81. The van der Waals surface area contributed by atoms with Crippen molar-refractivity contribution in [2.24, 2.45) is 0 Å². The van der Waals surface area contributed by atoms with Crippen molar-refractivity contribution in [3.8, 4) is 5.69 Å². The Morgan fingerprint density at radius 2 is 1.88 bits per heavy atom. The lowest BCUT2D eigenvalue weighted by atomic mass is 10.1. The van der Waals surface area contributed by atoms with Crippen molar-refractivity contribution in [3.05, 3.63) is 41.7 Å². The monoisotopic (exact) mass is 250 g/mol. The van der Waals surface area contributed by atoms with E-state index in [-0.39, 0.29) is 5.16 Å². The molecule has 0 saturated heterocycles. The van der Waals surface area contributed by atoms with E-state index in [1.54, 1.807) is 10.8 Å². The zero-order chi connectivity index (χ0) is 12.6. The molecule has 5 heteroatoms. The second-order valence-electron chi connectivity index (χ2n) is 4.12. The first-order chi connectivity index (χ1) is 7.89. The number of benzene rings is 1. The Bertz CT molecular complexity index is 657. The first-order valence-electron chi connectivity index (χ1n) is 5.20. The van der Waals surface area contributed by atoms with Crippen molar-refractivity contribution < 1.29 is 8.42 Å². The SMILES string of the molecule is Cc1ccc(-n2ccnc2S(C)(=O)=O)cc1C. The van der Waals surface area contributed by atoms with Crippen LogP contribution in [0.1, 0.15) is 11.1 Å². The van der Waals surface area contributed by atoms with Crippen molar-refractivity contribution in [2.75, 3.05) is 6.26 Å². The van der Waals surface area contributed by atoms with Gasteiger partial charge in [-0.15, -0.1) is 0 Å². The van der Waals surface area contributed by atoms with Crippen LogP contribution in [0, 0.1) is 13.8 Å². The van der Waals surface area contributed by atoms with E-state index in [4.69, 9.17) is 0 Å². The molecule has 0 aliphatic carbocycles. The number of aromatic nitrogens is 2. The van der Waals surface area contributed by atoms with Crippen LogP contribution in [0.25, 0.3) is 5.69 Å². The standard InChI is InChI=1S/C12H14N2O2S/c1-9-4-5-11(8-10(9)2)14-7-6-13-12(14)17(3,15)16/h4-8H,1-3H3. The average molecular weight is 250 g/mol. The molecule has 90 valence electrons. The highest BCUT2D eigenvalue weighted by Gasteiger charge is 2.15. The molecule has 17 heavy (non-hydrogen) atoms. The predicted octanol–water partition coefficient (Wildman–Crippen LogP) is 1.89. The van der Waals surface area contributed by atoms with Crippen molar-refractivity contribution >= 4 is 9.84 Å². The molecule has 0 saturated carbocycles. The molecule has 0 spiro atoms. The highest BCUT2D eigenvalue weighted by molar-refractivity contribution is 7.90.